The summed E-state index contributed by atoms with van der Waals surface area (Å²) < 4.78 is 0. The smallest absolute Gasteiger partial charge is 0.255 e. The van der Waals surface area contributed by atoms with Crippen LogP contribution in [0, 0.1) is 5.92 Å². The maximum Gasteiger partial charge on any atom is 0.255 e. The summed E-state index contributed by atoms with van der Waals surface area (Å²) in [6, 6.07) is 3.92. The van der Waals surface area contributed by atoms with E-state index in [0.29, 0.717) is 11.5 Å². The molecule has 18 heavy (non-hydrogen) atoms. The van der Waals surface area contributed by atoms with Gasteiger partial charge in [-0.1, -0.05) is 13.8 Å². The summed E-state index contributed by atoms with van der Waals surface area (Å²) in [5, 5.41) is 3.41. The van der Waals surface area contributed by atoms with Crippen LogP contribution in [0.25, 0.3) is 0 Å². The SMILES string of the molecule is CC(C)C1CNCCCN1C(=O)c1cccnc1. The zero-order valence-corrected chi connectivity index (χ0v) is 11.1. The first-order valence-electron chi connectivity index (χ1n) is 6.62. The number of carbonyl (C=O) groups is 1. The minimum Gasteiger partial charge on any atom is -0.334 e. The van der Waals surface area contributed by atoms with Crippen molar-refractivity contribution >= 4 is 5.91 Å². The monoisotopic (exact) mass is 247 g/mol. The molecule has 1 amide bonds. The highest BCUT2D eigenvalue weighted by Gasteiger charge is 2.28. The van der Waals surface area contributed by atoms with Crippen molar-refractivity contribution in [3.63, 3.8) is 0 Å². The molecule has 1 aliphatic rings. The molecule has 0 aromatic carbocycles. The summed E-state index contributed by atoms with van der Waals surface area (Å²) in [7, 11) is 0. The van der Waals surface area contributed by atoms with Gasteiger partial charge in [-0.05, 0) is 31.0 Å². The van der Waals surface area contributed by atoms with Crippen LogP contribution in [0.3, 0.4) is 0 Å². The molecule has 2 rings (SSSR count). The molecule has 0 radical (unpaired) electrons. The Hall–Kier alpha value is -1.42. The largest absolute Gasteiger partial charge is 0.334 e. The summed E-state index contributed by atoms with van der Waals surface area (Å²) in [4.78, 5) is 18.6. The van der Waals surface area contributed by atoms with Crippen LogP contribution < -0.4 is 5.32 Å². The second kappa shape index (κ2) is 5.96. The van der Waals surface area contributed by atoms with Crippen LogP contribution in [-0.2, 0) is 0 Å². The van der Waals surface area contributed by atoms with Gasteiger partial charge in [0, 0.05) is 31.5 Å². The number of rotatable bonds is 2. The number of aromatic nitrogens is 1. The number of pyridine rings is 1. The molecule has 4 nitrogen and oxygen atoms in total. The van der Waals surface area contributed by atoms with Crippen molar-refractivity contribution in [2.24, 2.45) is 5.92 Å². The first kappa shape index (κ1) is 13.0. The molecule has 1 N–H and O–H groups in total. The maximum absolute atomic E-state index is 12.5. The van der Waals surface area contributed by atoms with E-state index < -0.39 is 0 Å². The summed E-state index contributed by atoms with van der Waals surface area (Å²) in [5.74, 6) is 0.557. The maximum atomic E-state index is 12.5. The van der Waals surface area contributed by atoms with Crippen molar-refractivity contribution < 1.29 is 4.79 Å². The molecule has 1 aliphatic heterocycles. The molecule has 1 saturated heterocycles. The van der Waals surface area contributed by atoms with E-state index in [4.69, 9.17) is 0 Å². The van der Waals surface area contributed by atoms with E-state index >= 15 is 0 Å². The average molecular weight is 247 g/mol. The fourth-order valence-electron chi connectivity index (χ4n) is 2.40. The molecule has 0 bridgehead atoms. The van der Waals surface area contributed by atoms with Gasteiger partial charge in [-0.3, -0.25) is 9.78 Å². The molecule has 1 unspecified atom stereocenters. The Kier molecular flexibility index (Phi) is 4.31. The molecular formula is C14H21N3O. The molecule has 0 spiro atoms. The second-order valence-electron chi connectivity index (χ2n) is 5.11. The van der Waals surface area contributed by atoms with Gasteiger partial charge in [0.05, 0.1) is 5.56 Å². The first-order valence-corrected chi connectivity index (χ1v) is 6.62. The minimum absolute atomic E-state index is 0.102. The second-order valence-corrected chi connectivity index (χ2v) is 5.11. The Labute approximate surface area is 108 Å². The van der Waals surface area contributed by atoms with Gasteiger partial charge in [0.15, 0.2) is 0 Å². The summed E-state index contributed by atoms with van der Waals surface area (Å²) in [6.07, 6.45) is 4.36. The summed E-state index contributed by atoms with van der Waals surface area (Å²) >= 11 is 0. The van der Waals surface area contributed by atoms with Crippen LogP contribution in [0.2, 0.25) is 0 Å². The van der Waals surface area contributed by atoms with Crippen molar-refractivity contribution in [1.29, 1.82) is 0 Å². The Balaban J connectivity index is 2.20. The van der Waals surface area contributed by atoms with E-state index in [0.717, 1.165) is 26.1 Å². The summed E-state index contributed by atoms with van der Waals surface area (Å²) in [5.41, 5.74) is 0.685. The van der Waals surface area contributed by atoms with E-state index in [1.54, 1.807) is 12.4 Å². The van der Waals surface area contributed by atoms with E-state index in [1.165, 1.54) is 0 Å². The number of hydrogen-bond acceptors (Lipinski definition) is 3. The van der Waals surface area contributed by atoms with Gasteiger partial charge < -0.3 is 10.2 Å². The Morgan fingerprint density at radius 2 is 2.39 bits per heavy atom. The third-order valence-electron chi connectivity index (χ3n) is 3.45. The van der Waals surface area contributed by atoms with E-state index in [-0.39, 0.29) is 11.9 Å². The summed E-state index contributed by atoms with van der Waals surface area (Å²) in [6.45, 7) is 7.02. The van der Waals surface area contributed by atoms with Crippen LogP contribution in [-0.4, -0.2) is 41.5 Å². The number of amides is 1. The van der Waals surface area contributed by atoms with Crippen molar-refractivity contribution in [2.75, 3.05) is 19.6 Å². The number of nitrogens with zero attached hydrogens (tertiary/aromatic N) is 2. The highest BCUT2D eigenvalue weighted by Crippen LogP contribution is 2.16. The molecular weight excluding hydrogens is 226 g/mol. The molecule has 0 aliphatic carbocycles. The van der Waals surface area contributed by atoms with Crippen molar-refractivity contribution in [2.45, 2.75) is 26.3 Å². The van der Waals surface area contributed by atoms with Crippen molar-refractivity contribution in [3.05, 3.63) is 30.1 Å². The normalized spacial score (nSPS) is 20.8. The third-order valence-corrected chi connectivity index (χ3v) is 3.45. The fourth-order valence-corrected chi connectivity index (χ4v) is 2.40. The standard InChI is InChI=1S/C14H21N3O/c1-11(2)13-10-16-7-4-8-17(13)14(18)12-5-3-6-15-9-12/h3,5-6,9,11,13,16H,4,7-8,10H2,1-2H3. The molecule has 1 aromatic heterocycles. The lowest BCUT2D eigenvalue weighted by molar-refractivity contribution is 0.0646. The quantitative estimate of drug-likeness (QED) is 0.862. The van der Waals surface area contributed by atoms with Crippen LogP contribution in [0.4, 0.5) is 0 Å². The van der Waals surface area contributed by atoms with Gasteiger partial charge in [-0.25, -0.2) is 0 Å². The van der Waals surface area contributed by atoms with E-state index in [2.05, 4.69) is 24.1 Å². The Bertz CT molecular complexity index is 391. The topological polar surface area (TPSA) is 45.2 Å². The van der Waals surface area contributed by atoms with E-state index in [1.807, 2.05) is 17.0 Å². The Morgan fingerprint density at radius 3 is 3.06 bits per heavy atom. The predicted molar refractivity (Wildman–Crippen MR) is 71.4 cm³/mol. The van der Waals surface area contributed by atoms with Crippen LogP contribution in [0.15, 0.2) is 24.5 Å². The molecule has 98 valence electrons. The Morgan fingerprint density at radius 1 is 1.56 bits per heavy atom. The van der Waals surface area contributed by atoms with Gasteiger partial charge in [-0.15, -0.1) is 0 Å². The van der Waals surface area contributed by atoms with Gasteiger partial charge in [-0.2, -0.15) is 0 Å². The van der Waals surface area contributed by atoms with Crippen LogP contribution in [0.5, 0.6) is 0 Å². The van der Waals surface area contributed by atoms with Gasteiger partial charge in [0.2, 0.25) is 0 Å². The molecule has 0 saturated carbocycles. The number of hydrogen-bond donors (Lipinski definition) is 1. The molecule has 1 atom stereocenters. The first-order chi connectivity index (χ1) is 8.70. The number of nitrogens with one attached hydrogen (secondary N) is 1. The van der Waals surface area contributed by atoms with Crippen LogP contribution >= 0.6 is 0 Å². The lowest BCUT2D eigenvalue weighted by atomic mass is 10.0. The average Bonchev–Trinajstić information content (AvgIpc) is 2.64. The van der Waals surface area contributed by atoms with Crippen LogP contribution in [0.1, 0.15) is 30.6 Å². The minimum atomic E-state index is 0.102. The van der Waals surface area contributed by atoms with Crippen molar-refractivity contribution in [3.8, 4) is 0 Å². The predicted octanol–water partition coefficient (Wildman–Crippen LogP) is 1.54. The van der Waals surface area contributed by atoms with E-state index in [9.17, 15) is 4.79 Å². The van der Waals surface area contributed by atoms with Gasteiger partial charge >= 0.3 is 0 Å². The number of carbonyl (C=O) groups excluding carboxylic acids is 1. The molecule has 1 fully saturated rings. The highest BCUT2D eigenvalue weighted by molar-refractivity contribution is 5.94. The van der Waals surface area contributed by atoms with Crippen molar-refractivity contribution in [1.82, 2.24) is 15.2 Å². The van der Waals surface area contributed by atoms with Gasteiger partial charge in [0.1, 0.15) is 0 Å². The zero-order chi connectivity index (χ0) is 13.0. The molecule has 2 heterocycles. The molecule has 1 aromatic rings. The van der Waals surface area contributed by atoms with Gasteiger partial charge in [0.25, 0.3) is 5.91 Å². The highest BCUT2D eigenvalue weighted by atomic mass is 16.2. The lowest BCUT2D eigenvalue weighted by Crippen LogP contribution is -2.46. The zero-order valence-electron chi connectivity index (χ0n) is 11.1. The lowest BCUT2D eigenvalue weighted by Gasteiger charge is -2.32. The molecule has 4 heteroatoms. The fraction of sp³-hybridized carbons (Fsp3) is 0.571. The third kappa shape index (κ3) is 2.88.